The second-order valence-corrected chi connectivity index (χ2v) is 4.82. The lowest BCUT2D eigenvalue weighted by Gasteiger charge is -2.29. The number of amides is 1. The van der Waals surface area contributed by atoms with Crippen LogP contribution in [0.4, 0.5) is 0 Å². The minimum Gasteiger partial charge on any atom is -0.478 e. The molecule has 3 rings (SSSR count). The SMILES string of the molecule is O=C(O)c1cncc2c1CCN(C(=O)c1ccccn1)C2. The van der Waals surface area contributed by atoms with E-state index in [1.165, 1.54) is 6.20 Å². The topological polar surface area (TPSA) is 83.4 Å². The van der Waals surface area contributed by atoms with Gasteiger partial charge in [0.05, 0.1) is 5.56 Å². The summed E-state index contributed by atoms with van der Waals surface area (Å²) in [6, 6.07) is 5.19. The molecule has 0 aliphatic carbocycles. The van der Waals surface area contributed by atoms with Crippen molar-refractivity contribution in [2.45, 2.75) is 13.0 Å². The van der Waals surface area contributed by atoms with E-state index in [1.807, 2.05) is 0 Å². The van der Waals surface area contributed by atoms with E-state index >= 15 is 0 Å². The molecular formula is C15H13N3O3. The van der Waals surface area contributed by atoms with Crippen LogP contribution in [0.3, 0.4) is 0 Å². The molecule has 0 spiro atoms. The Bertz CT molecular complexity index is 701. The number of pyridine rings is 2. The number of hydrogen-bond donors (Lipinski definition) is 1. The zero-order valence-electron chi connectivity index (χ0n) is 11.2. The molecule has 0 fully saturated rings. The third-order valence-electron chi connectivity index (χ3n) is 3.54. The average Bonchev–Trinajstić information content (AvgIpc) is 2.53. The summed E-state index contributed by atoms with van der Waals surface area (Å²) in [5.74, 6) is -1.13. The number of nitrogens with zero attached hydrogens (tertiary/aromatic N) is 3. The molecule has 3 heterocycles. The third-order valence-corrected chi connectivity index (χ3v) is 3.54. The fraction of sp³-hybridized carbons (Fsp3) is 0.200. The number of hydrogen-bond acceptors (Lipinski definition) is 4. The molecule has 2 aromatic heterocycles. The summed E-state index contributed by atoms with van der Waals surface area (Å²) < 4.78 is 0. The van der Waals surface area contributed by atoms with Gasteiger partial charge in [0.2, 0.25) is 0 Å². The van der Waals surface area contributed by atoms with Crippen LogP contribution >= 0.6 is 0 Å². The standard InChI is InChI=1S/C15H13N3O3/c19-14(13-3-1-2-5-17-13)18-6-4-11-10(9-18)7-16-8-12(11)15(20)21/h1-3,5,7-8H,4,6,9H2,(H,20,21). The van der Waals surface area contributed by atoms with Crippen molar-refractivity contribution in [2.24, 2.45) is 0 Å². The quantitative estimate of drug-likeness (QED) is 0.900. The Hall–Kier alpha value is -2.76. The average molecular weight is 283 g/mol. The van der Waals surface area contributed by atoms with Gasteiger partial charge in [0.25, 0.3) is 5.91 Å². The van der Waals surface area contributed by atoms with Crippen molar-refractivity contribution in [3.63, 3.8) is 0 Å². The maximum atomic E-state index is 12.4. The van der Waals surface area contributed by atoms with Crippen LogP contribution in [0.5, 0.6) is 0 Å². The lowest BCUT2D eigenvalue weighted by molar-refractivity contribution is 0.0693. The summed E-state index contributed by atoms with van der Waals surface area (Å²) in [5.41, 5.74) is 2.16. The molecule has 0 bridgehead atoms. The van der Waals surface area contributed by atoms with Crippen LogP contribution in [-0.4, -0.2) is 38.4 Å². The molecule has 1 N–H and O–H groups in total. The number of fused-ring (bicyclic) bond motifs is 1. The molecule has 21 heavy (non-hydrogen) atoms. The smallest absolute Gasteiger partial charge is 0.337 e. The van der Waals surface area contributed by atoms with Gasteiger partial charge < -0.3 is 10.0 Å². The molecule has 1 amide bonds. The molecule has 0 saturated heterocycles. The Labute approximate surface area is 121 Å². The Morgan fingerprint density at radius 2 is 2.10 bits per heavy atom. The van der Waals surface area contributed by atoms with Crippen LogP contribution in [0.25, 0.3) is 0 Å². The van der Waals surface area contributed by atoms with Gasteiger partial charge in [-0.2, -0.15) is 0 Å². The lowest BCUT2D eigenvalue weighted by atomic mass is 9.97. The van der Waals surface area contributed by atoms with Gasteiger partial charge in [-0.3, -0.25) is 14.8 Å². The van der Waals surface area contributed by atoms with E-state index in [2.05, 4.69) is 9.97 Å². The minimum atomic E-state index is -0.983. The van der Waals surface area contributed by atoms with Crippen molar-refractivity contribution in [3.8, 4) is 0 Å². The van der Waals surface area contributed by atoms with Crippen LogP contribution in [-0.2, 0) is 13.0 Å². The van der Waals surface area contributed by atoms with Crippen molar-refractivity contribution in [1.29, 1.82) is 0 Å². The predicted molar refractivity (Wildman–Crippen MR) is 73.9 cm³/mol. The van der Waals surface area contributed by atoms with E-state index in [4.69, 9.17) is 5.11 Å². The number of carbonyl (C=O) groups is 2. The highest BCUT2D eigenvalue weighted by atomic mass is 16.4. The van der Waals surface area contributed by atoms with Gasteiger partial charge in [0.15, 0.2) is 0 Å². The molecule has 106 valence electrons. The number of carboxylic acid groups (broad SMARTS) is 1. The van der Waals surface area contributed by atoms with E-state index in [0.29, 0.717) is 25.2 Å². The first-order chi connectivity index (χ1) is 10.2. The fourth-order valence-electron chi connectivity index (χ4n) is 2.50. The van der Waals surface area contributed by atoms with Crippen LogP contribution in [0.2, 0.25) is 0 Å². The largest absolute Gasteiger partial charge is 0.478 e. The number of aromatic nitrogens is 2. The van der Waals surface area contributed by atoms with Crippen molar-refractivity contribution < 1.29 is 14.7 Å². The van der Waals surface area contributed by atoms with Gasteiger partial charge in [-0.05, 0) is 29.7 Å². The number of aromatic carboxylic acids is 1. The zero-order chi connectivity index (χ0) is 14.8. The molecular weight excluding hydrogens is 270 g/mol. The van der Waals surface area contributed by atoms with Crippen LogP contribution in [0.1, 0.15) is 32.0 Å². The summed E-state index contributed by atoms with van der Waals surface area (Å²) in [7, 11) is 0. The lowest BCUT2D eigenvalue weighted by Crippen LogP contribution is -2.37. The Morgan fingerprint density at radius 1 is 1.24 bits per heavy atom. The first kappa shape index (κ1) is 13.2. The summed E-state index contributed by atoms with van der Waals surface area (Å²) in [5, 5.41) is 9.16. The highest BCUT2D eigenvalue weighted by Crippen LogP contribution is 2.22. The number of carboxylic acids is 1. The molecule has 1 aliphatic rings. The van der Waals surface area contributed by atoms with Gasteiger partial charge in [0.1, 0.15) is 5.69 Å². The minimum absolute atomic E-state index is 0.151. The van der Waals surface area contributed by atoms with E-state index in [9.17, 15) is 9.59 Å². The van der Waals surface area contributed by atoms with Gasteiger partial charge in [0, 0.05) is 31.7 Å². The van der Waals surface area contributed by atoms with E-state index < -0.39 is 5.97 Å². The number of rotatable bonds is 2. The first-order valence-corrected chi connectivity index (χ1v) is 6.56. The second kappa shape index (κ2) is 5.32. The highest BCUT2D eigenvalue weighted by molar-refractivity contribution is 5.93. The predicted octanol–water partition coefficient (Wildman–Crippen LogP) is 1.37. The van der Waals surface area contributed by atoms with E-state index in [1.54, 1.807) is 35.5 Å². The Balaban J connectivity index is 1.87. The van der Waals surface area contributed by atoms with Crippen molar-refractivity contribution in [2.75, 3.05) is 6.54 Å². The van der Waals surface area contributed by atoms with E-state index in [-0.39, 0.29) is 11.5 Å². The molecule has 0 saturated carbocycles. The first-order valence-electron chi connectivity index (χ1n) is 6.56. The molecule has 0 unspecified atom stereocenters. The highest BCUT2D eigenvalue weighted by Gasteiger charge is 2.25. The van der Waals surface area contributed by atoms with E-state index in [0.717, 1.165) is 11.1 Å². The molecule has 0 aromatic carbocycles. The van der Waals surface area contributed by atoms with Crippen molar-refractivity contribution >= 4 is 11.9 Å². The summed E-state index contributed by atoms with van der Waals surface area (Å²) in [6.07, 6.45) is 5.07. The van der Waals surface area contributed by atoms with Crippen LogP contribution in [0, 0.1) is 0 Å². The molecule has 0 atom stereocenters. The van der Waals surface area contributed by atoms with Crippen molar-refractivity contribution in [1.82, 2.24) is 14.9 Å². The normalized spacial score (nSPS) is 13.6. The van der Waals surface area contributed by atoms with Gasteiger partial charge in [-0.1, -0.05) is 6.07 Å². The Morgan fingerprint density at radius 3 is 2.81 bits per heavy atom. The van der Waals surface area contributed by atoms with Gasteiger partial charge in [-0.25, -0.2) is 4.79 Å². The molecule has 6 nitrogen and oxygen atoms in total. The summed E-state index contributed by atoms with van der Waals surface area (Å²) >= 11 is 0. The number of carbonyl (C=O) groups excluding carboxylic acids is 1. The molecule has 2 aromatic rings. The maximum absolute atomic E-state index is 12.4. The van der Waals surface area contributed by atoms with Crippen LogP contribution in [0.15, 0.2) is 36.8 Å². The van der Waals surface area contributed by atoms with Gasteiger partial charge >= 0.3 is 5.97 Å². The van der Waals surface area contributed by atoms with Crippen LogP contribution < -0.4 is 0 Å². The molecule has 0 radical (unpaired) electrons. The molecule has 1 aliphatic heterocycles. The third kappa shape index (κ3) is 2.47. The van der Waals surface area contributed by atoms with Crippen molar-refractivity contribution in [3.05, 3.63) is 59.2 Å². The fourth-order valence-corrected chi connectivity index (χ4v) is 2.50. The summed E-state index contributed by atoms with van der Waals surface area (Å²) in [6.45, 7) is 0.839. The molecule has 6 heteroatoms. The zero-order valence-corrected chi connectivity index (χ0v) is 11.2. The summed E-state index contributed by atoms with van der Waals surface area (Å²) in [4.78, 5) is 33.2. The Kier molecular flexibility index (Phi) is 3.35. The maximum Gasteiger partial charge on any atom is 0.337 e. The second-order valence-electron chi connectivity index (χ2n) is 4.82. The monoisotopic (exact) mass is 283 g/mol. The van der Waals surface area contributed by atoms with Gasteiger partial charge in [-0.15, -0.1) is 0 Å².